The molecule has 1 unspecified atom stereocenters. The summed E-state index contributed by atoms with van der Waals surface area (Å²) in [6.07, 6.45) is 26.2. The van der Waals surface area contributed by atoms with E-state index in [0.29, 0.717) is 6.54 Å². The Morgan fingerprint density at radius 1 is 0.750 bits per heavy atom. The van der Waals surface area contributed by atoms with Crippen LogP contribution in [0, 0.1) is 5.92 Å². The quantitative estimate of drug-likeness (QED) is 0.147. The molecular formula is C25H49NO2. The lowest BCUT2D eigenvalue weighted by molar-refractivity contribution is -0.141. The van der Waals surface area contributed by atoms with E-state index in [1.165, 1.54) is 83.5 Å². The van der Waals surface area contributed by atoms with Gasteiger partial charge in [-0.2, -0.15) is 0 Å². The summed E-state index contributed by atoms with van der Waals surface area (Å²) in [7, 11) is 0. The van der Waals surface area contributed by atoms with Gasteiger partial charge >= 0.3 is 5.97 Å². The fourth-order valence-corrected chi connectivity index (χ4v) is 3.54. The van der Waals surface area contributed by atoms with Crippen molar-refractivity contribution in [2.45, 2.75) is 123 Å². The summed E-state index contributed by atoms with van der Waals surface area (Å²) in [5.41, 5.74) is 0. The lowest BCUT2D eigenvalue weighted by Crippen LogP contribution is -2.29. The van der Waals surface area contributed by atoms with Gasteiger partial charge in [-0.3, -0.25) is 4.79 Å². The maximum absolute atomic E-state index is 11.2. The first kappa shape index (κ1) is 27.2. The first-order valence-corrected chi connectivity index (χ1v) is 12.3. The molecule has 0 saturated heterocycles. The second-order valence-electron chi connectivity index (χ2n) is 8.32. The van der Waals surface area contributed by atoms with E-state index in [-0.39, 0.29) is 5.92 Å². The van der Waals surface area contributed by atoms with Gasteiger partial charge in [0.2, 0.25) is 0 Å². The molecule has 3 heteroatoms. The number of hydrogen-bond acceptors (Lipinski definition) is 2. The summed E-state index contributed by atoms with van der Waals surface area (Å²) in [5, 5.41) is 12.5. The SMILES string of the molecule is CCCCCCCCC=CCCCCCCCCNCC(CCCC)C(=O)O. The number of carboxylic acids is 1. The van der Waals surface area contributed by atoms with Crippen LogP contribution in [0.3, 0.4) is 0 Å². The van der Waals surface area contributed by atoms with Gasteiger partial charge in [-0.1, -0.05) is 96.6 Å². The van der Waals surface area contributed by atoms with Gasteiger partial charge in [0.25, 0.3) is 0 Å². The van der Waals surface area contributed by atoms with E-state index in [2.05, 4.69) is 31.3 Å². The number of hydrogen-bond donors (Lipinski definition) is 2. The summed E-state index contributed by atoms with van der Waals surface area (Å²) in [5.74, 6) is -0.865. The van der Waals surface area contributed by atoms with Crippen molar-refractivity contribution in [2.24, 2.45) is 5.92 Å². The third kappa shape index (κ3) is 19.9. The fraction of sp³-hybridized carbons (Fsp3) is 0.880. The van der Waals surface area contributed by atoms with Gasteiger partial charge in [-0.25, -0.2) is 0 Å². The van der Waals surface area contributed by atoms with Crippen LogP contribution >= 0.6 is 0 Å². The third-order valence-corrected chi connectivity index (χ3v) is 5.51. The summed E-state index contributed by atoms with van der Waals surface area (Å²) < 4.78 is 0. The van der Waals surface area contributed by atoms with E-state index in [9.17, 15) is 9.90 Å². The van der Waals surface area contributed by atoms with Crippen LogP contribution < -0.4 is 5.32 Å². The van der Waals surface area contributed by atoms with Gasteiger partial charge in [-0.05, 0) is 45.1 Å². The van der Waals surface area contributed by atoms with Gasteiger partial charge in [0.15, 0.2) is 0 Å². The van der Waals surface area contributed by atoms with Crippen molar-refractivity contribution in [1.82, 2.24) is 5.32 Å². The van der Waals surface area contributed by atoms with Crippen LogP contribution in [0.2, 0.25) is 0 Å². The van der Waals surface area contributed by atoms with Crippen LogP contribution in [-0.2, 0) is 4.79 Å². The molecule has 1 atom stereocenters. The van der Waals surface area contributed by atoms with Crippen molar-refractivity contribution in [3.05, 3.63) is 12.2 Å². The van der Waals surface area contributed by atoms with E-state index in [1.54, 1.807) is 0 Å². The molecule has 28 heavy (non-hydrogen) atoms. The van der Waals surface area contributed by atoms with Crippen LogP contribution in [0.5, 0.6) is 0 Å². The minimum atomic E-state index is -0.651. The van der Waals surface area contributed by atoms with Crippen molar-refractivity contribution in [2.75, 3.05) is 13.1 Å². The second kappa shape index (κ2) is 22.5. The zero-order chi connectivity index (χ0) is 20.7. The average Bonchev–Trinajstić information content (AvgIpc) is 2.69. The van der Waals surface area contributed by atoms with E-state index in [4.69, 9.17) is 0 Å². The largest absolute Gasteiger partial charge is 0.481 e. The summed E-state index contributed by atoms with van der Waals surface area (Å²) in [6, 6.07) is 0. The predicted octanol–water partition coefficient (Wildman–Crippen LogP) is 7.50. The molecule has 0 fully saturated rings. The second-order valence-corrected chi connectivity index (χ2v) is 8.32. The van der Waals surface area contributed by atoms with Crippen LogP contribution in [0.1, 0.15) is 123 Å². The Balaban J connectivity index is 3.28. The van der Waals surface area contributed by atoms with Crippen molar-refractivity contribution in [3.63, 3.8) is 0 Å². The zero-order valence-corrected chi connectivity index (χ0v) is 19.0. The van der Waals surface area contributed by atoms with Crippen LogP contribution in [0.15, 0.2) is 12.2 Å². The monoisotopic (exact) mass is 395 g/mol. The Labute approximate surface area is 175 Å². The molecule has 0 bridgehead atoms. The molecule has 0 amide bonds. The maximum atomic E-state index is 11.2. The predicted molar refractivity (Wildman–Crippen MR) is 123 cm³/mol. The number of rotatable bonds is 22. The Morgan fingerprint density at radius 3 is 1.79 bits per heavy atom. The molecule has 0 saturated carbocycles. The molecule has 0 rings (SSSR count). The van der Waals surface area contributed by atoms with Gasteiger partial charge in [-0.15, -0.1) is 0 Å². The van der Waals surface area contributed by atoms with Gasteiger partial charge in [0, 0.05) is 6.54 Å². The van der Waals surface area contributed by atoms with E-state index >= 15 is 0 Å². The highest BCUT2D eigenvalue weighted by Crippen LogP contribution is 2.10. The standard InChI is InChI=1S/C25H49NO2/c1-3-5-7-8-9-10-11-12-13-14-15-16-17-18-19-20-22-26-23-24(25(27)28)21-6-4-2/h12-13,24,26H,3-11,14-23H2,1-2H3,(H,27,28). The molecule has 0 radical (unpaired) electrons. The highest BCUT2D eigenvalue weighted by Gasteiger charge is 2.15. The number of allylic oxidation sites excluding steroid dienone is 2. The first-order valence-electron chi connectivity index (χ1n) is 12.3. The Hall–Kier alpha value is -0.830. The van der Waals surface area contributed by atoms with E-state index < -0.39 is 5.97 Å². The minimum absolute atomic E-state index is 0.214. The number of unbranched alkanes of at least 4 members (excludes halogenated alkanes) is 13. The van der Waals surface area contributed by atoms with Gasteiger partial charge in [0.05, 0.1) is 5.92 Å². The van der Waals surface area contributed by atoms with Crippen LogP contribution in [0.4, 0.5) is 0 Å². The van der Waals surface area contributed by atoms with Crippen LogP contribution in [0.25, 0.3) is 0 Å². The van der Waals surface area contributed by atoms with Crippen LogP contribution in [-0.4, -0.2) is 24.2 Å². The topological polar surface area (TPSA) is 49.3 Å². The molecule has 166 valence electrons. The highest BCUT2D eigenvalue weighted by atomic mass is 16.4. The normalized spacial score (nSPS) is 12.6. The van der Waals surface area contributed by atoms with Crippen molar-refractivity contribution >= 4 is 5.97 Å². The molecule has 3 nitrogen and oxygen atoms in total. The first-order chi connectivity index (χ1) is 13.7. The maximum Gasteiger partial charge on any atom is 0.307 e. The summed E-state index contributed by atoms with van der Waals surface area (Å²) in [6.45, 7) is 5.96. The molecule has 0 aromatic rings. The van der Waals surface area contributed by atoms with E-state index in [1.807, 2.05) is 0 Å². The van der Waals surface area contributed by atoms with Crippen molar-refractivity contribution < 1.29 is 9.90 Å². The third-order valence-electron chi connectivity index (χ3n) is 5.51. The smallest absolute Gasteiger partial charge is 0.307 e. The molecule has 2 N–H and O–H groups in total. The molecule has 0 aromatic carbocycles. The lowest BCUT2D eigenvalue weighted by atomic mass is 10.0. The Kier molecular flexibility index (Phi) is 21.8. The lowest BCUT2D eigenvalue weighted by Gasteiger charge is -2.12. The average molecular weight is 396 g/mol. The molecule has 0 spiro atoms. The molecule has 0 heterocycles. The number of nitrogens with one attached hydrogen (secondary N) is 1. The highest BCUT2D eigenvalue weighted by molar-refractivity contribution is 5.70. The van der Waals surface area contributed by atoms with Gasteiger partial charge < -0.3 is 10.4 Å². The zero-order valence-electron chi connectivity index (χ0n) is 19.0. The van der Waals surface area contributed by atoms with E-state index in [0.717, 1.165) is 32.2 Å². The number of aliphatic carboxylic acids is 1. The number of carbonyl (C=O) groups is 1. The molecule has 0 aliphatic rings. The van der Waals surface area contributed by atoms with Crippen molar-refractivity contribution in [3.8, 4) is 0 Å². The summed E-state index contributed by atoms with van der Waals surface area (Å²) in [4.78, 5) is 11.2. The molecule has 0 aliphatic carbocycles. The minimum Gasteiger partial charge on any atom is -0.481 e. The Bertz CT molecular complexity index is 354. The summed E-state index contributed by atoms with van der Waals surface area (Å²) >= 11 is 0. The Morgan fingerprint density at radius 2 is 1.25 bits per heavy atom. The fourth-order valence-electron chi connectivity index (χ4n) is 3.54. The molecule has 0 aliphatic heterocycles. The molecule has 0 aromatic heterocycles. The molecular weight excluding hydrogens is 346 g/mol. The van der Waals surface area contributed by atoms with Crippen molar-refractivity contribution in [1.29, 1.82) is 0 Å². The number of carboxylic acid groups (broad SMARTS) is 1. The van der Waals surface area contributed by atoms with Gasteiger partial charge in [0.1, 0.15) is 0 Å².